The molecule has 3 rings (SSSR count). The Hall–Kier alpha value is -2.63. The summed E-state index contributed by atoms with van der Waals surface area (Å²) in [5, 5.41) is 11.1. The number of amides is 1. The van der Waals surface area contributed by atoms with E-state index in [4.69, 9.17) is 4.74 Å². The van der Waals surface area contributed by atoms with Crippen molar-refractivity contribution in [1.29, 1.82) is 0 Å². The van der Waals surface area contributed by atoms with Gasteiger partial charge in [-0.3, -0.25) is 0 Å². The maximum Gasteiger partial charge on any atom is 0.407 e. The van der Waals surface area contributed by atoms with Crippen LogP contribution in [0.25, 0.3) is 11.3 Å². The van der Waals surface area contributed by atoms with E-state index in [2.05, 4.69) is 32.5 Å². The summed E-state index contributed by atoms with van der Waals surface area (Å²) >= 11 is 0. The van der Waals surface area contributed by atoms with E-state index in [1.807, 2.05) is 45.0 Å². The Balaban J connectivity index is 1.63. The maximum absolute atomic E-state index is 12.0. The summed E-state index contributed by atoms with van der Waals surface area (Å²) in [5.41, 5.74) is 2.80. The van der Waals surface area contributed by atoms with Gasteiger partial charge in [-0.1, -0.05) is 18.2 Å². The molecule has 0 spiro atoms. The van der Waals surface area contributed by atoms with E-state index in [1.54, 1.807) is 6.20 Å². The van der Waals surface area contributed by atoms with Gasteiger partial charge < -0.3 is 15.0 Å². The van der Waals surface area contributed by atoms with E-state index < -0.39 is 0 Å². The number of nitrogens with zero attached hydrogens (tertiary/aromatic N) is 3. The summed E-state index contributed by atoms with van der Waals surface area (Å²) in [4.78, 5) is 14.3. The third-order valence-electron chi connectivity index (χ3n) is 4.29. The van der Waals surface area contributed by atoms with Crippen molar-refractivity contribution in [3.63, 3.8) is 0 Å². The first-order chi connectivity index (χ1) is 12.4. The molecule has 1 amide bonds. The largest absolute Gasteiger partial charge is 0.446 e. The molecule has 1 aromatic heterocycles. The molecule has 6 heteroatoms. The molecule has 1 saturated heterocycles. The minimum Gasteiger partial charge on any atom is -0.446 e. The van der Waals surface area contributed by atoms with Gasteiger partial charge in [0.25, 0.3) is 0 Å². The van der Waals surface area contributed by atoms with Crippen LogP contribution < -0.4 is 10.2 Å². The van der Waals surface area contributed by atoms with Gasteiger partial charge in [-0.2, -0.15) is 10.2 Å². The summed E-state index contributed by atoms with van der Waals surface area (Å²) < 4.78 is 5.57. The minimum atomic E-state index is -0.337. The van der Waals surface area contributed by atoms with Crippen molar-refractivity contribution >= 4 is 11.8 Å². The molecule has 1 N–H and O–H groups in total. The summed E-state index contributed by atoms with van der Waals surface area (Å²) in [6.07, 6.45) is 2.92. The van der Waals surface area contributed by atoms with Crippen LogP contribution in [0.5, 0.6) is 0 Å². The van der Waals surface area contributed by atoms with Gasteiger partial charge in [-0.25, -0.2) is 4.79 Å². The Morgan fingerprint density at radius 2 is 1.88 bits per heavy atom. The number of piperidine rings is 1. The lowest BCUT2D eigenvalue weighted by molar-refractivity contribution is 0.0777. The lowest BCUT2D eigenvalue weighted by Crippen LogP contribution is -2.44. The maximum atomic E-state index is 12.0. The minimum absolute atomic E-state index is 0.0442. The van der Waals surface area contributed by atoms with Gasteiger partial charge in [0.1, 0.15) is 6.10 Å². The summed E-state index contributed by atoms with van der Waals surface area (Å²) in [7, 11) is 0. The fourth-order valence-electron chi connectivity index (χ4n) is 3.11. The molecule has 2 aromatic rings. The van der Waals surface area contributed by atoms with Crippen LogP contribution in [0.1, 0.15) is 33.6 Å². The van der Waals surface area contributed by atoms with Crippen molar-refractivity contribution in [3.8, 4) is 11.3 Å². The fourth-order valence-corrected chi connectivity index (χ4v) is 3.11. The van der Waals surface area contributed by atoms with Crippen LogP contribution in [-0.2, 0) is 4.74 Å². The second-order valence-corrected chi connectivity index (χ2v) is 7.59. The van der Waals surface area contributed by atoms with Crippen LogP contribution in [0.15, 0.2) is 42.6 Å². The SMILES string of the molecule is CC(C)(C)NC(=O)OC1CCN(c2ccccc2-c2cccnn2)CC1. The average molecular weight is 354 g/mol. The fraction of sp³-hybridized carbons (Fsp3) is 0.450. The molecule has 26 heavy (non-hydrogen) atoms. The van der Waals surface area contributed by atoms with Gasteiger partial charge in [0.2, 0.25) is 0 Å². The van der Waals surface area contributed by atoms with E-state index >= 15 is 0 Å². The summed E-state index contributed by atoms with van der Waals surface area (Å²) in [5.74, 6) is 0. The molecule has 1 fully saturated rings. The number of alkyl carbamates (subject to hydrolysis) is 1. The standard InChI is InChI=1S/C20H26N4O2/c1-20(2,3)22-19(25)26-15-10-13-24(14-11-15)18-9-5-4-7-16(18)17-8-6-12-21-23-17/h4-9,12,15H,10-11,13-14H2,1-3H3,(H,22,25). The molecule has 2 heterocycles. The number of hydrogen-bond donors (Lipinski definition) is 1. The van der Waals surface area contributed by atoms with E-state index in [0.29, 0.717) is 0 Å². The first-order valence-electron chi connectivity index (χ1n) is 9.03. The van der Waals surface area contributed by atoms with Crippen molar-refractivity contribution in [2.45, 2.75) is 45.3 Å². The highest BCUT2D eigenvalue weighted by atomic mass is 16.6. The topological polar surface area (TPSA) is 67.3 Å². The van der Waals surface area contributed by atoms with Crippen LogP contribution in [-0.4, -0.2) is 41.0 Å². The Morgan fingerprint density at radius 1 is 1.15 bits per heavy atom. The van der Waals surface area contributed by atoms with Gasteiger partial charge in [-0.15, -0.1) is 0 Å². The molecule has 0 aliphatic carbocycles. The Bertz CT molecular complexity index is 735. The number of anilines is 1. The van der Waals surface area contributed by atoms with E-state index in [0.717, 1.165) is 42.9 Å². The lowest BCUT2D eigenvalue weighted by atomic mass is 10.0. The third kappa shape index (κ3) is 4.71. The number of rotatable bonds is 3. The van der Waals surface area contributed by atoms with Crippen LogP contribution >= 0.6 is 0 Å². The molecule has 0 radical (unpaired) electrons. The first-order valence-corrected chi connectivity index (χ1v) is 9.03. The van der Waals surface area contributed by atoms with Crippen molar-refractivity contribution in [2.24, 2.45) is 0 Å². The lowest BCUT2D eigenvalue weighted by Gasteiger charge is -2.34. The van der Waals surface area contributed by atoms with E-state index in [1.165, 1.54) is 0 Å². The molecule has 6 nitrogen and oxygen atoms in total. The van der Waals surface area contributed by atoms with Crippen LogP contribution in [0.4, 0.5) is 10.5 Å². The number of ether oxygens (including phenoxy) is 1. The second kappa shape index (κ2) is 7.72. The summed E-state index contributed by atoms with van der Waals surface area (Å²) in [6.45, 7) is 7.51. The third-order valence-corrected chi connectivity index (χ3v) is 4.29. The number of nitrogens with one attached hydrogen (secondary N) is 1. The molecule has 138 valence electrons. The molecule has 0 atom stereocenters. The first kappa shape index (κ1) is 18.2. The Labute approximate surface area is 154 Å². The number of carbonyl (C=O) groups is 1. The molecular formula is C20H26N4O2. The number of para-hydroxylation sites is 1. The van der Waals surface area contributed by atoms with Crippen molar-refractivity contribution in [3.05, 3.63) is 42.6 Å². The Morgan fingerprint density at radius 3 is 2.54 bits per heavy atom. The quantitative estimate of drug-likeness (QED) is 0.911. The van der Waals surface area contributed by atoms with Gasteiger partial charge >= 0.3 is 6.09 Å². The zero-order valence-corrected chi connectivity index (χ0v) is 15.6. The summed E-state index contributed by atoms with van der Waals surface area (Å²) in [6, 6.07) is 12.1. The molecular weight excluding hydrogens is 328 g/mol. The van der Waals surface area contributed by atoms with Crippen LogP contribution in [0.3, 0.4) is 0 Å². The molecule has 1 aliphatic rings. The Kier molecular flexibility index (Phi) is 5.40. The molecule has 0 bridgehead atoms. The van der Waals surface area contributed by atoms with Gasteiger partial charge in [0.05, 0.1) is 5.69 Å². The number of benzene rings is 1. The highest BCUT2D eigenvalue weighted by Gasteiger charge is 2.25. The predicted octanol–water partition coefficient (Wildman–Crippen LogP) is 3.64. The van der Waals surface area contributed by atoms with E-state index in [9.17, 15) is 4.79 Å². The smallest absolute Gasteiger partial charge is 0.407 e. The molecule has 1 aliphatic heterocycles. The van der Waals surface area contributed by atoms with Gasteiger partial charge in [0.15, 0.2) is 0 Å². The zero-order chi connectivity index (χ0) is 18.6. The highest BCUT2D eigenvalue weighted by Crippen LogP contribution is 2.31. The average Bonchev–Trinajstić information content (AvgIpc) is 2.61. The van der Waals surface area contributed by atoms with Crippen molar-refractivity contribution in [1.82, 2.24) is 15.5 Å². The molecule has 0 saturated carbocycles. The van der Waals surface area contributed by atoms with Crippen molar-refractivity contribution < 1.29 is 9.53 Å². The van der Waals surface area contributed by atoms with Crippen LogP contribution in [0.2, 0.25) is 0 Å². The van der Waals surface area contributed by atoms with Gasteiger partial charge in [-0.05, 0) is 39.0 Å². The van der Waals surface area contributed by atoms with Crippen molar-refractivity contribution in [2.75, 3.05) is 18.0 Å². The highest BCUT2D eigenvalue weighted by molar-refractivity contribution is 5.76. The van der Waals surface area contributed by atoms with E-state index in [-0.39, 0.29) is 17.7 Å². The monoisotopic (exact) mass is 354 g/mol. The second-order valence-electron chi connectivity index (χ2n) is 7.59. The number of hydrogen-bond acceptors (Lipinski definition) is 5. The molecule has 1 aromatic carbocycles. The predicted molar refractivity (Wildman–Crippen MR) is 102 cm³/mol. The normalized spacial score (nSPS) is 15.6. The molecule has 0 unspecified atom stereocenters. The number of aromatic nitrogens is 2. The van der Waals surface area contributed by atoms with Gasteiger partial charge in [0, 0.05) is 48.9 Å². The van der Waals surface area contributed by atoms with Crippen LogP contribution in [0, 0.1) is 0 Å². The number of carbonyl (C=O) groups excluding carboxylic acids is 1. The zero-order valence-electron chi connectivity index (χ0n) is 15.6.